The smallest absolute Gasteiger partial charge is 0.234 e. The first-order valence-electron chi connectivity index (χ1n) is 8.11. The van der Waals surface area contributed by atoms with Gasteiger partial charge in [-0.25, -0.2) is 0 Å². The molecule has 0 aromatic rings. The van der Waals surface area contributed by atoms with E-state index in [0.29, 0.717) is 12.0 Å². The normalized spacial score (nSPS) is 27.9. The summed E-state index contributed by atoms with van der Waals surface area (Å²) in [7, 11) is 0. The lowest BCUT2D eigenvalue weighted by atomic mass is 9.91. The van der Waals surface area contributed by atoms with Crippen LogP contribution in [0.1, 0.15) is 47.0 Å². The minimum Gasteiger partial charge on any atom is -0.353 e. The molecule has 1 amide bonds. The van der Waals surface area contributed by atoms with E-state index in [1.54, 1.807) is 0 Å². The molecule has 1 atom stereocenters. The van der Waals surface area contributed by atoms with Gasteiger partial charge in [0, 0.05) is 38.3 Å². The number of carbonyl (C=O) groups excluding carboxylic acids is 1. The summed E-state index contributed by atoms with van der Waals surface area (Å²) in [6.45, 7) is 13.7. The zero-order valence-corrected chi connectivity index (χ0v) is 13.6. The first-order valence-corrected chi connectivity index (χ1v) is 8.11. The molecule has 2 aliphatic rings. The van der Waals surface area contributed by atoms with Gasteiger partial charge in [0.15, 0.2) is 0 Å². The van der Waals surface area contributed by atoms with Gasteiger partial charge in [-0.1, -0.05) is 13.8 Å². The molecule has 1 saturated carbocycles. The Morgan fingerprint density at radius 3 is 2.40 bits per heavy atom. The Labute approximate surface area is 123 Å². The Balaban J connectivity index is 1.71. The van der Waals surface area contributed by atoms with Crippen LogP contribution in [0.4, 0.5) is 0 Å². The topological polar surface area (TPSA) is 35.6 Å². The van der Waals surface area contributed by atoms with Crippen LogP contribution < -0.4 is 5.32 Å². The molecule has 4 nitrogen and oxygen atoms in total. The summed E-state index contributed by atoms with van der Waals surface area (Å²) in [5.41, 5.74) is 0.527. The third-order valence-electron chi connectivity index (χ3n) is 4.68. The minimum absolute atomic E-state index is 0.162. The van der Waals surface area contributed by atoms with Crippen LogP contribution in [0.5, 0.6) is 0 Å². The highest BCUT2D eigenvalue weighted by Crippen LogP contribution is 2.39. The Hall–Kier alpha value is -0.610. The van der Waals surface area contributed by atoms with Gasteiger partial charge in [0.05, 0.1) is 6.54 Å². The Kier molecular flexibility index (Phi) is 5.08. The zero-order chi connectivity index (χ0) is 14.8. The zero-order valence-electron chi connectivity index (χ0n) is 13.6. The van der Waals surface area contributed by atoms with Crippen LogP contribution in [0.25, 0.3) is 0 Å². The Bertz CT molecular complexity index is 333. The van der Waals surface area contributed by atoms with Crippen LogP contribution in [0.2, 0.25) is 0 Å². The van der Waals surface area contributed by atoms with Gasteiger partial charge in [0.1, 0.15) is 0 Å². The summed E-state index contributed by atoms with van der Waals surface area (Å²) in [6.07, 6.45) is 4.04. The van der Waals surface area contributed by atoms with Crippen molar-refractivity contribution in [2.24, 2.45) is 5.41 Å². The summed E-state index contributed by atoms with van der Waals surface area (Å²) in [6, 6.07) is 1.01. The van der Waals surface area contributed by atoms with E-state index in [1.165, 1.54) is 19.3 Å². The second kappa shape index (κ2) is 6.44. The number of amides is 1. The van der Waals surface area contributed by atoms with E-state index in [-0.39, 0.29) is 11.9 Å². The maximum Gasteiger partial charge on any atom is 0.234 e. The Morgan fingerprint density at radius 2 is 1.90 bits per heavy atom. The van der Waals surface area contributed by atoms with Crippen molar-refractivity contribution < 1.29 is 4.79 Å². The molecule has 1 aliphatic heterocycles. The fourth-order valence-corrected chi connectivity index (χ4v) is 3.57. The lowest BCUT2D eigenvalue weighted by Gasteiger charge is -2.38. The van der Waals surface area contributed by atoms with Crippen molar-refractivity contribution in [3.63, 3.8) is 0 Å². The van der Waals surface area contributed by atoms with E-state index in [2.05, 4.69) is 29.0 Å². The molecule has 0 bridgehead atoms. The summed E-state index contributed by atoms with van der Waals surface area (Å²) in [5.74, 6) is 0.162. The molecule has 2 rings (SSSR count). The number of hydrogen-bond donors (Lipinski definition) is 1. The largest absolute Gasteiger partial charge is 0.353 e. The van der Waals surface area contributed by atoms with Crippen molar-refractivity contribution in [3.8, 4) is 0 Å². The molecule has 0 spiro atoms. The number of piperazine rings is 1. The maximum atomic E-state index is 11.8. The highest BCUT2D eigenvalue weighted by atomic mass is 16.2. The van der Waals surface area contributed by atoms with E-state index >= 15 is 0 Å². The number of hydrogen-bond acceptors (Lipinski definition) is 3. The molecule has 4 heteroatoms. The molecule has 0 radical (unpaired) electrons. The average molecular weight is 281 g/mol. The van der Waals surface area contributed by atoms with Crippen LogP contribution in [0.15, 0.2) is 0 Å². The van der Waals surface area contributed by atoms with E-state index in [1.807, 2.05) is 13.8 Å². The molecule has 1 saturated heterocycles. The monoisotopic (exact) mass is 281 g/mol. The van der Waals surface area contributed by atoms with E-state index in [4.69, 9.17) is 0 Å². The lowest BCUT2D eigenvalue weighted by molar-refractivity contribution is -0.123. The first-order chi connectivity index (χ1) is 9.35. The predicted molar refractivity (Wildman–Crippen MR) is 82.7 cm³/mol. The number of carbonyl (C=O) groups is 1. The van der Waals surface area contributed by atoms with E-state index in [0.717, 1.165) is 32.2 Å². The SMILES string of the molecule is CC(C)NC(=O)CN1CCN(C2CCC(C)(C)C2)CC1. The average Bonchev–Trinajstić information content (AvgIpc) is 2.69. The van der Waals surface area contributed by atoms with Gasteiger partial charge in [0.2, 0.25) is 5.91 Å². The lowest BCUT2D eigenvalue weighted by Crippen LogP contribution is -2.52. The second-order valence-electron chi connectivity index (χ2n) is 7.60. The van der Waals surface area contributed by atoms with Crippen molar-refractivity contribution in [1.29, 1.82) is 0 Å². The molecule has 2 fully saturated rings. The fraction of sp³-hybridized carbons (Fsp3) is 0.938. The number of nitrogens with zero attached hydrogens (tertiary/aromatic N) is 2. The van der Waals surface area contributed by atoms with Crippen LogP contribution >= 0.6 is 0 Å². The summed E-state index contributed by atoms with van der Waals surface area (Å²) in [4.78, 5) is 16.7. The minimum atomic E-state index is 0.162. The van der Waals surface area contributed by atoms with E-state index in [9.17, 15) is 4.79 Å². The number of rotatable bonds is 4. The van der Waals surface area contributed by atoms with Crippen LogP contribution in [0, 0.1) is 5.41 Å². The third-order valence-corrected chi connectivity index (χ3v) is 4.68. The van der Waals surface area contributed by atoms with Gasteiger partial charge < -0.3 is 5.32 Å². The molecule has 20 heavy (non-hydrogen) atoms. The summed E-state index contributed by atoms with van der Waals surface area (Å²) in [5, 5.41) is 2.97. The van der Waals surface area contributed by atoms with Gasteiger partial charge in [-0.15, -0.1) is 0 Å². The van der Waals surface area contributed by atoms with Crippen molar-refractivity contribution in [2.45, 2.75) is 59.0 Å². The molecule has 1 N–H and O–H groups in total. The Morgan fingerprint density at radius 1 is 1.25 bits per heavy atom. The van der Waals surface area contributed by atoms with Gasteiger partial charge in [-0.05, 0) is 38.5 Å². The van der Waals surface area contributed by atoms with Crippen LogP contribution in [-0.4, -0.2) is 60.5 Å². The highest BCUT2D eigenvalue weighted by Gasteiger charge is 2.35. The molecule has 116 valence electrons. The van der Waals surface area contributed by atoms with Crippen molar-refractivity contribution in [2.75, 3.05) is 32.7 Å². The van der Waals surface area contributed by atoms with Crippen LogP contribution in [0.3, 0.4) is 0 Å². The van der Waals surface area contributed by atoms with Crippen molar-refractivity contribution in [3.05, 3.63) is 0 Å². The molecule has 1 unspecified atom stereocenters. The van der Waals surface area contributed by atoms with Gasteiger partial charge in [-0.2, -0.15) is 0 Å². The first kappa shape index (κ1) is 15.8. The third kappa shape index (κ3) is 4.45. The fourth-order valence-electron chi connectivity index (χ4n) is 3.57. The standard InChI is InChI=1S/C16H31N3O/c1-13(2)17-15(20)12-18-7-9-19(10-8-18)14-5-6-16(3,4)11-14/h13-14H,5-12H2,1-4H3,(H,17,20). The highest BCUT2D eigenvalue weighted by molar-refractivity contribution is 5.78. The van der Waals surface area contributed by atoms with Crippen molar-refractivity contribution in [1.82, 2.24) is 15.1 Å². The molecule has 0 aromatic heterocycles. The van der Waals surface area contributed by atoms with Gasteiger partial charge in [0.25, 0.3) is 0 Å². The van der Waals surface area contributed by atoms with Crippen molar-refractivity contribution >= 4 is 5.91 Å². The molecule has 0 aromatic carbocycles. The number of nitrogens with one attached hydrogen (secondary N) is 1. The molecular formula is C16H31N3O. The molecular weight excluding hydrogens is 250 g/mol. The molecule has 1 heterocycles. The van der Waals surface area contributed by atoms with Gasteiger partial charge in [-0.3, -0.25) is 14.6 Å². The van der Waals surface area contributed by atoms with E-state index < -0.39 is 0 Å². The second-order valence-corrected chi connectivity index (χ2v) is 7.60. The summed E-state index contributed by atoms with van der Waals surface area (Å²) >= 11 is 0. The predicted octanol–water partition coefficient (Wildman–Crippen LogP) is 1.71. The van der Waals surface area contributed by atoms with Gasteiger partial charge >= 0.3 is 0 Å². The van der Waals surface area contributed by atoms with Crippen LogP contribution in [-0.2, 0) is 4.79 Å². The molecule has 1 aliphatic carbocycles. The summed E-state index contributed by atoms with van der Waals surface area (Å²) < 4.78 is 0. The quantitative estimate of drug-likeness (QED) is 0.852. The maximum absolute atomic E-state index is 11.8.